The molecule has 2 amide bonds. The van der Waals surface area contributed by atoms with E-state index in [0.717, 1.165) is 34.2 Å². The van der Waals surface area contributed by atoms with E-state index < -0.39 is 0 Å². The van der Waals surface area contributed by atoms with Gasteiger partial charge in [-0.15, -0.1) is 0 Å². The molecule has 5 heteroatoms. The number of imide groups is 1. The van der Waals surface area contributed by atoms with Crippen molar-refractivity contribution in [1.82, 2.24) is 5.01 Å². The van der Waals surface area contributed by atoms with Crippen LogP contribution in [0.4, 0.5) is 0 Å². The van der Waals surface area contributed by atoms with Crippen molar-refractivity contribution in [2.75, 3.05) is 6.61 Å². The Hall–Kier alpha value is -2.95. The molecule has 3 fully saturated rings. The van der Waals surface area contributed by atoms with Crippen LogP contribution in [0.15, 0.2) is 53.7 Å². The van der Waals surface area contributed by atoms with Crippen molar-refractivity contribution in [1.29, 1.82) is 0 Å². The molecule has 2 aromatic carbocycles. The molecule has 1 spiro atoms. The number of hydrogen-bond donors (Lipinski definition) is 0. The van der Waals surface area contributed by atoms with Gasteiger partial charge in [0.15, 0.2) is 0 Å². The Morgan fingerprint density at radius 3 is 2.41 bits per heavy atom. The second-order valence-electron chi connectivity index (χ2n) is 8.59. The molecule has 0 N–H and O–H groups in total. The number of nitrogens with zero attached hydrogens (tertiary/aromatic N) is 2. The van der Waals surface area contributed by atoms with Crippen molar-refractivity contribution in [2.45, 2.75) is 19.8 Å². The molecule has 6 rings (SSSR count). The van der Waals surface area contributed by atoms with Gasteiger partial charge in [-0.2, -0.15) is 10.1 Å². The zero-order valence-electron chi connectivity index (χ0n) is 16.2. The first-order valence-corrected chi connectivity index (χ1v) is 10.4. The van der Waals surface area contributed by atoms with E-state index in [9.17, 15) is 9.59 Å². The second-order valence-corrected chi connectivity index (χ2v) is 8.59. The van der Waals surface area contributed by atoms with E-state index in [-0.39, 0.29) is 40.9 Å². The fourth-order valence-electron chi connectivity index (χ4n) is 5.98. The van der Waals surface area contributed by atoms with Gasteiger partial charge < -0.3 is 4.74 Å². The molecule has 1 aliphatic heterocycles. The molecular formula is C24H22N2O3. The van der Waals surface area contributed by atoms with E-state index in [0.29, 0.717) is 12.4 Å². The van der Waals surface area contributed by atoms with Gasteiger partial charge in [-0.05, 0) is 53.9 Å². The summed E-state index contributed by atoms with van der Waals surface area (Å²) >= 11 is 0. The van der Waals surface area contributed by atoms with Crippen LogP contribution in [0.1, 0.15) is 25.3 Å². The zero-order valence-corrected chi connectivity index (χ0v) is 16.2. The minimum atomic E-state index is -0.226. The van der Waals surface area contributed by atoms with Crippen LogP contribution >= 0.6 is 0 Å². The smallest absolute Gasteiger partial charge is 0.254 e. The summed E-state index contributed by atoms with van der Waals surface area (Å²) in [6.07, 6.45) is 8.25. The quantitative estimate of drug-likeness (QED) is 0.457. The number of carbonyl (C=O) groups excluding carboxylic acids is 2. The fraction of sp³-hybridized carbons (Fsp3) is 0.375. The van der Waals surface area contributed by atoms with Gasteiger partial charge in [0.05, 0.1) is 24.7 Å². The van der Waals surface area contributed by atoms with Crippen LogP contribution in [-0.4, -0.2) is 29.6 Å². The van der Waals surface area contributed by atoms with Gasteiger partial charge in [0.2, 0.25) is 0 Å². The van der Waals surface area contributed by atoms with Crippen molar-refractivity contribution in [2.24, 2.45) is 34.2 Å². The predicted octanol–water partition coefficient (Wildman–Crippen LogP) is 3.77. The van der Waals surface area contributed by atoms with Gasteiger partial charge in [0, 0.05) is 5.56 Å². The molecule has 5 nitrogen and oxygen atoms in total. The molecule has 146 valence electrons. The number of allylic oxidation sites excluding steroid dienone is 2. The van der Waals surface area contributed by atoms with Crippen LogP contribution in [-0.2, 0) is 9.59 Å². The summed E-state index contributed by atoms with van der Waals surface area (Å²) in [7, 11) is 0. The summed E-state index contributed by atoms with van der Waals surface area (Å²) in [5, 5.41) is 7.57. The molecule has 29 heavy (non-hydrogen) atoms. The van der Waals surface area contributed by atoms with Crippen molar-refractivity contribution >= 4 is 28.8 Å². The predicted molar refractivity (Wildman–Crippen MR) is 109 cm³/mol. The van der Waals surface area contributed by atoms with Crippen LogP contribution in [0.25, 0.3) is 10.8 Å². The lowest BCUT2D eigenvalue weighted by molar-refractivity contribution is -0.141. The van der Waals surface area contributed by atoms with E-state index in [1.165, 1.54) is 0 Å². The highest BCUT2D eigenvalue weighted by molar-refractivity contribution is 6.08. The highest BCUT2D eigenvalue weighted by Crippen LogP contribution is 2.73. The highest BCUT2D eigenvalue weighted by Gasteiger charge is 2.73. The Morgan fingerprint density at radius 1 is 1.07 bits per heavy atom. The third kappa shape index (κ3) is 2.13. The largest absolute Gasteiger partial charge is 0.493 e. The minimum Gasteiger partial charge on any atom is -0.493 e. The Balaban J connectivity index is 1.37. The normalized spacial score (nSPS) is 30.9. The maximum atomic E-state index is 13.1. The Kier molecular flexibility index (Phi) is 3.38. The first-order valence-electron chi connectivity index (χ1n) is 10.4. The number of amides is 2. The lowest BCUT2D eigenvalue weighted by Gasteiger charge is -2.19. The number of fused-ring (bicyclic) bond motifs is 4. The summed E-state index contributed by atoms with van der Waals surface area (Å²) in [6.45, 7) is 2.46. The molecule has 2 saturated carbocycles. The van der Waals surface area contributed by atoms with E-state index in [4.69, 9.17) is 4.74 Å². The summed E-state index contributed by atoms with van der Waals surface area (Å²) < 4.78 is 5.78. The molecule has 0 radical (unpaired) electrons. The summed E-state index contributed by atoms with van der Waals surface area (Å²) in [4.78, 5) is 26.2. The number of rotatable bonds is 4. The van der Waals surface area contributed by atoms with Crippen LogP contribution < -0.4 is 4.74 Å². The second kappa shape index (κ2) is 5.78. The molecule has 1 saturated heterocycles. The molecule has 0 unspecified atom stereocenters. The minimum absolute atomic E-state index is 0.141. The standard InChI is InChI=1S/C24H22N2O3/c1-2-29-19-10-7-14-5-3-4-6-15(14)16(19)13-25-26-22(27)20-17-8-9-18(21(20)23(26)28)24(17)11-12-24/h3-10,13,17-18,20-21H,2,11-12H2,1H3/b25-13-/t17-,18+,20-,21-/m0/s1. The SMILES string of the molecule is CCOc1ccc2ccccc2c1/C=N\N1C(=O)[C@@H]2[C@@H](C1=O)[C@@H]1C=C[C@H]2C12CC2. The van der Waals surface area contributed by atoms with Crippen molar-refractivity contribution in [3.05, 3.63) is 54.1 Å². The van der Waals surface area contributed by atoms with Gasteiger partial charge in [-0.1, -0.05) is 42.5 Å². The van der Waals surface area contributed by atoms with Crippen LogP contribution in [0.2, 0.25) is 0 Å². The average molecular weight is 386 g/mol. The molecular weight excluding hydrogens is 364 g/mol. The number of hydrazone groups is 1. The number of carbonyl (C=O) groups is 2. The number of benzene rings is 2. The highest BCUT2D eigenvalue weighted by atomic mass is 16.5. The van der Waals surface area contributed by atoms with Gasteiger partial charge in [0.1, 0.15) is 5.75 Å². The topological polar surface area (TPSA) is 59.0 Å². The van der Waals surface area contributed by atoms with Gasteiger partial charge in [0.25, 0.3) is 11.8 Å². The van der Waals surface area contributed by atoms with Crippen molar-refractivity contribution < 1.29 is 14.3 Å². The summed E-state index contributed by atoms with van der Waals surface area (Å²) in [5.74, 6) is 0.395. The molecule has 1 heterocycles. The number of ether oxygens (including phenoxy) is 1. The van der Waals surface area contributed by atoms with Crippen LogP contribution in [0.5, 0.6) is 5.75 Å². The summed E-state index contributed by atoms with van der Waals surface area (Å²) in [5.41, 5.74) is 0.996. The Labute approximate surface area is 169 Å². The number of hydrogen-bond acceptors (Lipinski definition) is 4. The average Bonchev–Trinajstić information content (AvgIpc) is 3.34. The lowest BCUT2D eigenvalue weighted by atomic mass is 9.85. The maximum absolute atomic E-state index is 13.1. The third-order valence-electron chi connectivity index (χ3n) is 7.36. The summed E-state index contributed by atoms with van der Waals surface area (Å²) in [6, 6.07) is 11.9. The molecule has 2 aromatic rings. The lowest BCUT2D eigenvalue weighted by Crippen LogP contribution is -2.30. The molecule has 4 aliphatic rings. The van der Waals surface area contributed by atoms with E-state index in [2.05, 4.69) is 17.3 Å². The third-order valence-corrected chi connectivity index (χ3v) is 7.36. The zero-order chi connectivity index (χ0) is 19.8. The molecule has 2 bridgehead atoms. The van der Waals surface area contributed by atoms with Crippen LogP contribution in [0, 0.1) is 29.1 Å². The van der Waals surface area contributed by atoms with E-state index >= 15 is 0 Å². The van der Waals surface area contributed by atoms with Crippen molar-refractivity contribution in [3.8, 4) is 5.75 Å². The maximum Gasteiger partial charge on any atom is 0.254 e. The van der Waals surface area contributed by atoms with Crippen molar-refractivity contribution in [3.63, 3.8) is 0 Å². The fourth-order valence-corrected chi connectivity index (χ4v) is 5.98. The first-order chi connectivity index (χ1) is 14.2. The molecule has 0 aromatic heterocycles. The molecule has 3 aliphatic carbocycles. The Morgan fingerprint density at radius 2 is 1.76 bits per heavy atom. The van der Waals surface area contributed by atoms with Gasteiger partial charge in [-0.25, -0.2) is 0 Å². The van der Waals surface area contributed by atoms with Gasteiger partial charge in [-0.3, -0.25) is 9.59 Å². The monoisotopic (exact) mass is 386 g/mol. The van der Waals surface area contributed by atoms with Gasteiger partial charge >= 0.3 is 0 Å². The van der Waals surface area contributed by atoms with Crippen LogP contribution in [0.3, 0.4) is 0 Å². The Bertz CT molecular complexity index is 1080. The molecule has 4 atom stereocenters. The van der Waals surface area contributed by atoms with E-state index in [1.54, 1.807) is 6.21 Å². The van der Waals surface area contributed by atoms with E-state index in [1.807, 2.05) is 43.3 Å². The first kappa shape index (κ1) is 17.0.